The lowest BCUT2D eigenvalue weighted by Gasteiger charge is -2.18. The fraction of sp³-hybridized carbons (Fsp3) is 0.500. The van der Waals surface area contributed by atoms with Gasteiger partial charge in [0.25, 0.3) is 0 Å². The van der Waals surface area contributed by atoms with E-state index in [0.717, 1.165) is 12.0 Å². The number of aliphatic hydroxyl groups excluding tert-OH is 1. The summed E-state index contributed by atoms with van der Waals surface area (Å²) in [7, 11) is 0. The van der Waals surface area contributed by atoms with E-state index in [1.807, 2.05) is 6.07 Å². The average molecular weight is 206 g/mol. The number of nitrogens with two attached hydrogens (primary N) is 2. The quantitative estimate of drug-likeness (QED) is 0.674. The third kappa shape index (κ3) is 2.04. The molecule has 0 radical (unpaired) electrons. The highest BCUT2D eigenvalue weighted by atomic mass is 16.3. The van der Waals surface area contributed by atoms with Gasteiger partial charge in [-0.2, -0.15) is 0 Å². The van der Waals surface area contributed by atoms with E-state index in [4.69, 9.17) is 11.5 Å². The Bertz CT molecular complexity index is 351. The van der Waals surface area contributed by atoms with Crippen molar-refractivity contribution in [2.75, 3.05) is 6.54 Å². The molecule has 15 heavy (non-hydrogen) atoms. The maximum atomic E-state index is 9.58. The molecule has 2 unspecified atom stereocenters. The van der Waals surface area contributed by atoms with Gasteiger partial charge in [0.05, 0.1) is 12.1 Å². The Hall–Kier alpha value is -0.900. The second kappa shape index (κ2) is 4.31. The van der Waals surface area contributed by atoms with E-state index in [2.05, 4.69) is 12.1 Å². The van der Waals surface area contributed by atoms with E-state index < -0.39 is 6.10 Å². The molecule has 2 rings (SSSR count). The van der Waals surface area contributed by atoms with Gasteiger partial charge in [0.1, 0.15) is 0 Å². The molecule has 0 fully saturated rings. The van der Waals surface area contributed by atoms with Crippen molar-refractivity contribution in [1.82, 2.24) is 0 Å². The zero-order valence-corrected chi connectivity index (χ0v) is 8.82. The molecule has 0 bridgehead atoms. The highest BCUT2D eigenvalue weighted by Crippen LogP contribution is 2.25. The minimum atomic E-state index is -0.649. The van der Waals surface area contributed by atoms with Gasteiger partial charge in [0.15, 0.2) is 0 Å². The first kappa shape index (κ1) is 10.6. The van der Waals surface area contributed by atoms with Crippen molar-refractivity contribution < 1.29 is 5.11 Å². The number of hydrogen-bond acceptors (Lipinski definition) is 3. The fourth-order valence-corrected chi connectivity index (χ4v) is 2.17. The SMILES string of the molecule is NCC(O)C(N)c1ccc2c(c1)CCC2. The Morgan fingerprint density at radius 3 is 2.73 bits per heavy atom. The lowest BCUT2D eigenvalue weighted by molar-refractivity contribution is 0.153. The van der Waals surface area contributed by atoms with Gasteiger partial charge in [-0.25, -0.2) is 0 Å². The molecule has 0 spiro atoms. The van der Waals surface area contributed by atoms with Gasteiger partial charge in [-0.05, 0) is 36.0 Å². The monoisotopic (exact) mass is 206 g/mol. The van der Waals surface area contributed by atoms with Crippen molar-refractivity contribution in [3.63, 3.8) is 0 Å². The van der Waals surface area contributed by atoms with Crippen LogP contribution < -0.4 is 11.5 Å². The molecule has 1 aliphatic rings. The van der Waals surface area contributed by atoms with E-state index in [1.54, 1.807) is 0 Å². The Kier molecular flexibility index (Phi) is 3.05. The standard InChI is InChI=1S/C12H18N2O/c13-7-11(15)12(14)10-5-4-8-2-1-3-9(8)6-10/h4-6,11-12,15H,1-3,7,13-14H2. The Balaban J connectivity index is 2.22. The number of aliphatic hydroxyl groups is 1. The summed E-state index contributed by atoms with van der Waals surface area (Å²) < 4.78 is 0. The summed E-state index contributed by atoms with van der Waals surface area (Å²) in [6.45, 7) is 0.207. The van der Waals surface area contributed by atoms with Gasteiger partial charge in [0.2, 0.25) is 0 Å². The van der Waals surface area contributed by atoms with Gasteiger partial charge in [-0.3, -0.25) is 0 Å². The van der Waals surface area contributed by atoms with E-state index >= 15 is 0 Å². The lowest BCUT2D eigenvalue weighted by atomic mass is 9.98. The van der Waals surface area contributed by atoms with Crippen LogP contribution in [0, 0.1) is 0 Å². The van der Waals surface area contributed by atoms with Crippen molar-refractivity contribution >= 4 is 0 Å². The molecule has 0 saturated carbocycles. The molecular formula is C12H18N2O. The van der Waals surface area contributed by atoms with Crippen LogP contribution in [0.2, 0.25) is 0 Å². The summed E-state index contributed by atoms with van der Waals surface area (Å²) in [5.74, 6) is 0. The molecule has 1 aromatic rings. The van der Waals surface area contributed by atoms with Crippen molar-refractivity contribution in [3.05, 3.63) is 34.9 Å². The average Bonchev–Trinajstić information content (AvgIpc) is 2.73. The molecule has 0 amide bonds. The van der Waals surface area contributed by atoms with Crippen LogP contribution in [-0.4, -0.2) is 17.8 Å². The number of benzene rings is 1. The van der Waals surface area contributed by atoms with E-state index in [1.165, 1.54) is 24.0 Å². The van der Waals surface area contributed by atoms with Crippen LogP contribution in [0.15, 0.2) is 18.2 Å². The molecule has 3 nitrogen and oxygen atoms in total. The minimum Gasteiger partial charge on any atom is -0.390 e. The highest BCUT2D eigenvalue weighted by Gasteiger charge is 2.18. The van der Waals surface area contributed by atoms with Gasteiger partial charge >= 0.3 is 0 Å². The largest absolute Gasteiger partial charge is 0.390 e. The van der Waals surface area contributed by atoms with Crippen molar-refractivity contribution in [2.45, 2.75) is 31.4 Å². The molecule has 0 heterocycles. The Morgan fingerprint density at radius 1 is 1.27 bits per heavy atom. The second-order valence-electron chi connectivity index (χ2n) is 4.21. The van der Waals surface area contributed by atoms with Crippen molar-refractivity contribution in [2.24, 2.45) is 11.5 Å². The molecule has 2 atom stereocenters. The van der Waals surface area contributed by atoms with Crippen LogP contribution in [0.5, 0.6) is 0 Å². The second-order valence-corrected chi connectivity index (χ2v) is 4.21. The van der Waals surface area contributed by atoms with Gasteiger partial charge < -0.3 is 16.6 Å². The van der Waals surface area contributed by atoms with Gasteiger partial charge in [-0.1, -0.05) is 18.2 Å². The molecule has 1 aliphatic carbocycles. The molecule has 82 valence electrons. The first-order chi connectivity index (χ1) is 7.22. The van der Waals surface area contributed by atoms with Crippen molar-refractivity contribution in [1.29, 1.82) is 0 Å². The van der Waals surface area contributed by atoms with Crippen LogP contribution in [0.4, 0.5) is 0 Å². The molecule has 3 heteroatoms. The van der Waals surface area contributed by atoms with Crippen LogP contribution >= 0.6 is 0 Å². The zero-order valence-electron chi connectivity index (χ0n) is 8.82. The molecule has 0 aromatic heterocycles. The van der Waals surface area contributed by atoms with Crippen molar-refractivity contribution in [3.8, 4) is 0 Å². The lowest BCUT2D eigenvalue weighted by Crippen LogP contribution is -2.32. The molecule has 0 aliphatic heterocycles. The first-order valence-corrected chi connectivity index (χ1v) is 5.48. The highest BCUT2D eigenvalue weighted by molar-refractivity contribution is 5.36. The Morgan fingerprint density at radius 2 is 2.00 bits per heavy atom. The minimum absolute atomic E-state index is 0.207. The van der Waals surface area contributed by atoms with E-state index in [-0.39, 0.29) is 12.6 Å². The number of aryl methyl sites for hydroxylation is 2. The predicted molar refractivity (Wildman–Crippen MR) is 60.5 cm³/mol. The Labute approximate surface area is 90.1 Å². The van der Waals surface area contributed by atoms with E-state index in [9.17, 15) is 5.11 Å². The molecular weight excluding hydrogens is 188 g/mol. The third-order valence-electron chi connectivity index (χ3n) is 3.16. The third-order valence-corrected chi connectivity index (χ3v) is 3.16. The molecule has 1 aromatic carbocycles. The van der Waals surface area contributed by atoms with Crippen LogP contribution in [0.3, 0.4) is 0 Å². The van der Waals surface area contributed by atoms with Gasteiger partial charge in [-0.15, -0.1) is 0 Å². The van der Waals surface area contributed by atoms with Gasteiger partial charge in [0, 0.05) is 6.54 Å². The maximum Gasteiger partial charge on any atom is 0.0854 e. The summed E-state index contributed by atoms with van der Waals surface area (Å²) in [5, 5.41) is 9.58. The maximum absolute atomic E-state index is 9.58. The summed E-state index contributed by atoms with van der Waals surface area (Å²) in [6, 6.07) is 5.89. The summed E-state index contributed by atoms with van der Waals surface area (Å²) in [6.07, 6.45) is 2.89. The van der Waals surface area contributed by atoms with E-state index in [0.29, 0.717) is 0 Å². The predicted octanol–water partition coefficient (Wildman–Crippen LogP) is 0.495. The van der Waals surface area contributed by atoms with Crippen LogP contribution in [-0.2, 0) is 12.8 Å². The molecule has 0 saturated heterocycles. The first-order valence-electron chi connectivity index (χ1n) is 5.48. The van der Waals surface area contributed by atoms with Crippen LogP contribution in [0.25, 0.3) is 0 Å². The molecule has 5 N–H and O–H groups in total. The number of fused-ring (bicyclic) bond motifs is 1. The topological polar surface area (TPSA) is 72.3 Å². The zero-order chi connectivity index (χ0) is 10.8. The fourth-order valence-electron chi connectivity index (χ4n) is 2.17. The normalized spacial score (nSPS) is 18.6. The summed E-state index contributed by atoms with van der Waals surface area (Å²) >= 11 is 0. The smallest absolute Gasteiger partial charge is 0.0854 e. The number of hydrogen-bond donors (Lipinski definition) is 3. The summed E-state index contributed by atoms with van der Waals surface area (Å²) in [4.78, 5) is 0. The van der Waals surface area contributed by atoms with Crippen LogP contribution in [0.1, 0.15) is 29.2 Å². The summed E-state index contributed by atoms with van der Waals surface area (Å²) in [5.41, 5.74) is 15.1. The number of rotatable bonds is 3.